The van der Waals surface area contributed by atoms with E-state index in [0.29, 0.717) is 0 Å². The van der Waals surface area contributed by atoms with E-state index in [0.717, 1.165) is 37.7 Å². The molecule has 6 nitrogen and oxygen atoms in total. The number of carbonyl (C=O) groups excluding carboxylic acids is 2. The second-order valence-electron chi connectivity index (χ2n) is 7.74. The number of carbonyl (C=O) groups is 2. The highest BCUT2D eigenvalue weighted by Crippen LogP contribution is 2.32. The molecule has 0 unspecified atom stereocenters. The van der Waals surface area contributed by atoms with Gasteiger partial charge in [-0.15, -0.1) is 0 Å². The van der Waals surface area contributed by atoms with Crippen LogP contribution in [0.4, 0.5) is 4.79 Å². The second kappa shape index (κ2) is 8.45. The van der Waals surface area contributed by atoms with Crippen molar-refractivity contribution >= 4 is 11.9 Å². The van der Waals surface area contributed by atoms with E-state index in [-0.39, 0.29) is 23.1 Å². The van der Waals surface area contributed by atoms with Gasteiger partial charge in [-0.2, -0.15) is 0 Å². The Hall–Kier alpha value is -3.54. The number of nitrogens with one attached hydrogen (secondary N) is 3. The van der Waals surface area contributed by atoms with E-state index in [9.17, 15) is 9.59 Å². The minimum atomic E-state index is -0.508. The summed E-state index contributed by atoms with van der Waals surface area (Å²) < 4.78 is 0. The molecular weight excluding hydrogens is 376 g/mol. The van der Waals surface area contributed by atoms with Gasteiger partial charge in [0.15, 0.2) is 0 Å². The van der Waals surface area contributed by atoms with Gasteiger partial charge in [-0.25, -0.2) is 4.79 Å². The molecule has 0 fully saturated rings. The standard InChI is InChI=1S/C24H26N4O2/c1-15-21(25)22(28-24(30)26-15)23(29)27-20-12-6-10-18-17(9-5-11-19(18)20)14-13-16-7-3-2-4-8-16/h2-5,7-9,11,20H,1,6,10,12-14,25H2,(H,27,29)(H2,26,28,30)/t20-/m1/s1. The molecule has 3 amide bonds. The Morgan fingerprint density at radius 3 is 2.70 bits per heavy atom. The molecule has 1 aliphatic heterocycles. The molecule has 2 aromatic carbocycles. The van der Waals surface area contributed by atoms with E-state index in [2.05, 4.69) is 65.0 Å². The van der Waals surface area contributed by atoms with Gasteiger partial charge in [0.2, 0.25) is 0 Å². The van der Waals surface area contributed by atoms with Gasteiger partial charge >= 0.3 is 6.03 Å². The van der Waals surface area contributed by atoms with Crippen molar-refractivity contribution in [3.05, 3.63) is 94.5 Å². The summed E-state index contributed by atoms with van der Waals surface area (Å²) in [6.45, 7) is 3.68. The maximum atomic E-state index is 12.8. The number of hydrogen-bond acceptors (Lipinski definition) is 3. The SMILES string of the molecule is C=C1NC(=O)NC(C(=O)N[C@@H]2CCCc3c(CCc4ccccc4)cccc32)=C1N. The van der Waals surface area contributed by atoms with Crippen LogP contribution in [-0.4, -0.2) is 11.9 Å². The lowest BCUT2D eigenvalue weighted by molar-refractivity contribution is -0.118. The number of aryl methyl sites for hydroxylation is 2. The fourth-order valence-electron chi connectivity index (χ4n) is 4.21. The molecule has 0 radical (unpaired) electrons. The maximum absolute atomic E-state index is 12.8. The molecule has 0 saturated heterocycles. The Labute approximate surface area is 176 Å². The van der Waals surface area contributed by atoms with Crippen LogP contribution < -0.4 is 21.7 Å². The van der Waals surface area contributed by atoms with Crippen molar-refractivity contribution in [2.24, 2.45) is 5.73 Å². The fraction of sp³-hybridized carbons (Fsp3) is 0.250. The molecule has 6 heteroatoms. The predicted molar refractivity (Wildman–Crippen MR) is 116 cm³/mol. The van der Waals surface area contributed by atoms with Crippen molar-refractivity contribution in [2.45, 2.75) is 38.1 Å². The molecule has 0 aromatic heterocycles. The molecule has 1 heterocycles. The Kier molecular flexibility index (Phi) is 5.57. The first kappa shape index (κ1) is 19.8. The smallest absolute Gasteiger partial charge is 0.323 e. The van der Waals surface area contributed by atoms with E-state index in [4.69, 9.17) is 5.73 Å². The number of urea groups is 1. The molecular formula is C24H26N4O2. The Morgan fingerprint density at radius 2 is 1.90 bits per heavy atom. The third kappa shape index (κ3) is 4.08. The molecule has 0 spiro atoms. The zero-order chi connectivity index (χ0) is 21.1. The molecule has 5 N–H and O–H groups in total. The summed E-state index contributed by atoms with van der Waals surface area (Å²) in [7, 11) is 0. The summed E-state index contributed by atoms with van der Waals surface area (Å²) in [6.07, 6.45) is 4.80. The van der Waals surface area contributed by atoms with Crippen LogP contribution in [0.5, 0.6) is 0 Å². The lowest BCUT2D eigenvalue weighted by Crippen LogP contribution is -2.47. The monoisotopic (exact) mass is 402 g/mol. The van der Waals surface area contributed by atoms with Gasteiger partial charge in [-0.05, 0) is 54.4 Å². The third-order valence-corrected chi connectivity index (χ3v) is 5.76. The van der Waals surface area contributed by atoms with Crippen molar-refractivity contribution in [2.75, 3.05) is 0 Å². The second-order valence-corrected chi connectivity index (χ2v) is 7.74. The van der Waals surface area contributed by atoms with Crippen LogP contribution in [0.25, 0.3) is 0 Å². The molecule has 1 aliphatic carbocycles. The van der Waals surface area contributed by atoms with Crippen molar-refractivity contribution in [1.29, 1.82) is 0 Å². The van der Waals surface area contributed by atoms with Gasteiger partial charge in [0.1, 0.15) is 5.70 Å². The third-order valence-electron chi connectivity index (χ3n) is 5.76. The first-order valence-electron chi connectivity index (χ1n) is 10.3. The van der Waals surface area contributed by atoms with Crippen molar-refractivity contribution in [1.82, 2.24) is 16.0 Å². The number of rotatable bonds is 5. The summed E-state index contributed by atoms with van der Waals surface area (Å²) in [5.41, 5.74) is 11.5. The summed E-state index contributed by atoms with van der Waals surface area (Å²) in [6, 6.07) is 16.2. The van der Waals surface area contributed by atoms with Crippen LogP contribution in [0, 0.1) is 0 Å². The molecule has 2 aromatic rings. The Bertz CT molecular complexity index is 1030. The highest BCUT2D eigenvalue weighted by Gasteiger charge is 2.28. The minimum Gasteiger partial charge on any atom is -0.395 e. The molecule has 0 bridgehead atoms. The van der Waals surface area contributed by atoms with Gasteiger partial charge < -0.3 is 21.7 Å². The number of nitrogens with two attached hydrogens (primary N) is 1. The average molecular weight is 402 g/mol. The molecule has 0 saturated carbocycles. The van der Waals surface area contributed by atoms with Crippen LogP contribution >= 0.6 is 0 Å². The van der Waals surface area contributed by atoms with E-state index < -0.39 is 11.9 Å². The van der Waals surface area contributed by atoms with Crippen LogP contribution in [0.2, 0.25) is 0 Å². The molecule has 1 atom stereocenters. The lowest BCUT2D eigenvalue weighted by atomic mass is 9.83. The number of hydrogen-bond donors (Lipinski definition) is 4. The molecule has 2 aliphatic rings. The van der Waals surface area contributed by atoms with E-state index in [1.54, 1.807) is 0 Å². The van der Waals surface area contributed by atoms with Gasteiger partial charge in [-0.3, -0.25) is 4.79 Å². The number of fused-ring (bicyclic) bond motifs is 1. The zero-order valence-corrected chi connectivity index (χ0v) is 16.8. The maximum Gasteiger partial charge on any atom is 0.323 e. The summed E-state index contributed by atoms with van der Waals surface area (Å²) >= 11 is 0. The molecule has 30 heavy (non-hydrogen) atoms. The van der Waals surface area contributed by atoms with Crippen LogP contribution in [-0.2, 0) is 24.1 Å². The molecule has 154 valence electrons. The predicted octanol–water partition coefficient (Wildman–Crippen LogP) is 2.96. The van der Waals surface area contributed by atoms with E-state index in [1.165, 1.54) is 16.7 Å². The fourth-order valence-corrected chi connectivity index (χ4v) is 4.21. The largest absolute Gasteiger partial charge is 0.395 e. The van der Waals surface area contributed by atoms with Gasteiger partial charge in [0.25, 0.3) is 5.91 Å². The van der Waals surface area contributed by atoms with E-state index in [1.807, 2.05) is 6.07 Å². The van der Waals surface area contributed by atoms with Gasteiger partial charge in [0, 0.05) is 0 Å². The summed E-state index contributed by atoms with van der Waals surface area (Å²) in [5.74, 6) is -0.393. The van der Waals surface area contributed by atoms with Crippen molar-refractivity contribution < 1.29 is 9.59 Å². The summed E-state index contributed by atoms with van der Waals surface area (Å²) in [5, 5.41) is 8.01. The number of benzene rings is 2. The van der Waals surface area contributed by atoms with Gasteiger partial charge in [0.05, 0.1) is 17.4 Å². The Balaban J connectivity index is 1.53. The first-order chi connectivity index (χ1) is 14.5. The van der Waals surface area contributed by atoms with E-state index >= 15 is 0 Å². The topological polar surface area (TPSA) is 96.2 Å². The summed E-state index contributed by atoms with van der Waals surface area (Å²) in [4.78, 5) is 24.5. The lowest BCUT2D eigenvalue weighted by Gasteiger charge is -2.29. The van der Waals surface area contributed by atoms with Crippen molar-refractivity contribution in [3.63, 3.8) is 0 Å². The van der Waals surface area contributed by atoms with Crippen LogP contribution in [0.3, 0.4) is 0 Å². The van der Waals surface area contributed by atoms with Gasteiger partial charge in [-0.1, -0.05) is 55.1 Å². The average Bonchev–Trinajstić information content (AvgIpc) is 2.75. The Morgan fingerprint density at radius 1 is 1.10 bits per heavy atom. The van der Waals surface area contributed by atoms with Crippen LogP contribution in [0.1, 0.15) is 41.1 Å². The van der Waals surface area contributed by atoms with Crippen molar-refractivity contribution in [3.8, 4) is 0 Å². The highest BCUT2D eigenvalue weighted by atomic mass is 16.2. The quantitative estimate of drug-likeness (QED) is 0.619. The zero-order valence-electron chi connectivity index (χ0n) is 16.8. The normalized spacial score (nSPS) is 18.3. The number of amides is 3. The first-order valence-corrected chi connectivity index (χ1v) is 10.3. The molecule has 4 rings (SSSR count). The minimum absolute atomic E-state index is 0.0519. The highest BCUT2D eigenvalue weighted by molar-refractivity contribution is 6.00. The van der Waals surface area contributed by atoms with Crippen LogP contribution in [0.15, 0.2) is 72.2 Å².